The molecular weight excluding hydrogens is 262 g/mol. The van der Waals surface area contributed by atoms with E-state index < -0.39 is 6.10 Å². The van der Waals surface area contributed by atoms with E-state index in [9.17, 15) is 5.11 Å². The number of hydrogen-bond donors (Lipinski definition) is 1. The van der Waals surface area contributed by atoms with Crippen molar-refractivity contribution < 1.29 is 9.84 Å². The molecule has 0 aromatic heterocycles. The highest BCUT2D eigenvalue weighted by Gasteiger charge is 2.15. The highest BCUT2D eigenvalue weighted by atomic mass is 16.5. The second kappa shape index (κ2) is 6.92. The number of fused-ring (bicyclic) bond motifs is 1. The van der Waals surface area contributed by atoms with Crippen molar-refractivity contribution in [3.05, 3.63) is 42.5 Å². The van der Waals surface area contributed by atoms with Crippen molar-refractivity contribution >= 4 is 10.8 Å². The minimum absolute atomic E-state index is 0.352. The molecule has 0 spiro atoms. The van der Waals surface area contributed by atoms with Crippen molar-refractivity contribution in [1.29, 1.82) is 0 Å². The number of piperidine rings is 1. The summed E-state index contributed by atoms with van der Waals surface area (Å²) in [5.74, 6) is 0.853. The molecule has 0 saturated carbocycles. The summed E-state index contributed by atoms with van der Waals surface area (Å²) in [6.07, 6.45) is 3.38. The van der Waals surface area contributed by atoms with Gasteiger partial charge >= 0.3 is 0 Å². The molecule has 112 valence electrons. The van der Waals surface area contributed by atoms with Crippen LogP contribution in [0.1, 0.15) is 19.3 Å². The first-order chi connectivity index (χ1) is 10.3. The van der Waals surface area contributed by atoms with E-state index in [-0.39, 0.29) is 0 Å². The number of aliphatic hydroxyl groups is 1. The summed E-state index contributed by atoms with van der Waals surface area (Å²) in [4.78, 5) is 2.33. The maximum atomic E-state index is 10.2. The van der Waals surface area contributed by atoms with Crippen LogP contribution in [0, 0.1) is 0 Å². The molecule has 1 fully saturated rings. The Morgan fingerprint density at radius 1 is 1.00 bits per heavy atom. The molecule has 0 amide bonds. The summed E-state index contributed by atoms with van der Waals surface area (Å²) < 4.78 is 5.85. The lowest BCUT2D eigenvalue weighted by Crippen LogP contribution is -2.38. The molecule has 3 heteroatoms. The van der Waals surface area contributed by atoms with Gasteiger partial charge in [0.25, 0.3) is 0 Å². The van der Waals surface area contributed by atoms with Crippen LogP contribution in [0.15, 0.2) is 42.5 Å². The van der Waals surface area contributed by atoms with Crippen molar-refractivity contribution in [2.75, 3.05) is 26.2 Å². The minimum Gasteiger partial charge on any atom is -0.490 e. The number of β-amino-alcohol motifs (C(OH)–C–C–N with tert-alkyl or cyclic N) is 1. The third-order valence-corrected chi connectivity index (χ3v) is 4.10. The van der Waals surface area contributed by atoms with Gasteiger partial charge in [-0.25, -0.2) is 0 Å². The zero-order valence-corrected chi connectivity index (χ0v) is 12.4. The van der Waals surface area contributed by atoms with Crippen LogP contribution in [0.5, 0.6) is 5.75 Å². The second-order valence-electron chi connectivity index (χ2n) is 5.80. The molecule has 1 aliphatic rings. The predicted octanol–water partition coefficient (Wildman–Crippen LogP) is 3.07. The van der Waals surface area contributed by atoms with Crippen molar-refractivity contribution in [2.24, 2.45) is 0 Å². The molecule has 3 nitrogen and oxygen atoms in total. The molecule has 2 aromatic rings. The number of rotatable bonds is 5. The minimum atomic E-state index is -0.429. The van der Waals surface area contributed by atoms with Crippen LogP contribution in [0.25, 0.3) is 10.8 Å². The summed E-state index contributed by atoms with van der Waals surface area (Å²) >= 11 is 0. The Bertz CT molecular complexity index is 573. The SMILES string of the molecule is O[C@H](COc1cccc2ccccc12)CN1CCCCC1. The lowest BCUT2D eigenvalue weighted by molar-refractivity contribution is 0.0622. The molecule has 1 atom stereocenters. The van der Waals surface area contributed by atoms with Crippen LogP contribution in [0.4, 0.5) is 0 Å². The number of nitrogens with zero attached hydrogens (tertiary/aromatic N) is 1. The van der Waals surface area contributed by atoms with E-state index in [1.807, 2.05) is 24.3 Å². The largest absolute Gasteiger partial charge is 0.490 e. The van der Waals surface area contributed by atoms with Gasteiger partial charge in [-0.05, 0) is 37.4 Å². The van der Waals surface area contributed by atoms with Gasteiger partial charge in [-0.15, -0.1) is 0 Å². The van der Waals surface area contributed by atoms with Crippen LogP contribution < -0.4 is 4.74 Å². The molecule has 2 aromatic carbocycles. The van der Waals surface area contributed by atoms with E-state index in [2.05, 4.69) is 23.1 Å². The van der Waals surface area contributed by atoms with E-state index in [4.69, 9.17) is 4.74 Å². The highest BCUT2D eigenvalue weighted by Crippen LogP contribution is 2.25. The normalized spacial score (nSPS) is 17.8. The summed E-state index contributed by atoms with van der Waals surface area (Å²) in [6.45, 7) is 3.27. The van der Waals surface area contributed by atoms with Crippen molar-refractivity contribution in [1.82, 2.24) is 4.90 Å². The average molecular weight is 285 g/mol. The first-order valence-electron chi connectivity index (χ1n) is 7.84. The van der Waals surface area contributed by atoms with Crippen molar-refractivity contribution in [2.45, 2.75) is 25.4 Å². The van der Waals surface area contributed by atoms with Crippen LogP contribution >= 0.6 is 0 Å². The van der Waals surface area contributed by atoms with Gasteiger partial charge in [-0.3, -0.25) is 0 Å². The molecule has 0 bridgehead atoms. The zero-order valence-electron chi connectivity index (χ0n) is 12.4. The van der Waals surface area contributed by atoms with Gasteiger partial charge < -0.3 is 14.7 Å². The fourth-order valence-electron chi connectivity index (χ4n) is 3.00. The zero-order chi connectivity index (χ0) is 14.5. The van der Waals surface area contributed by atoms with Crippen LogP contribution in [-0.4, -0.2) is 42.4 Å². The molecule has 0 unspecified atom stereocenters. The quantitative estimate of drug-likeness (QED) is 0.916. The van der Waals surface area contributed by atoms with Gasteiger partial charge in [-0.2, -0.15) is 0 Å². The number of ether oxygens (including phenoxy) is 1. The number of benzene rings is 2. The van der Waals surface area contributed by atoms with Gasteiger partial charge in [0.2, 0.25) is 0 Å². The average Bonchev–Trinajstić information content (AvgIpc) is 2.54. The maximum absolute atomic E-state index is 10.2. The molecule has 0 aliphatic carbocycles. The van der Waals surface area contributed by atoms with E-state index >= 15 is 0 Å². The van der Waals surface area contributed by atoms with Crippen molar-refractivity contribution in [3.8, 4) is 5.75 Å². The third kappa shape index (κ3) is 3.74. The molecule has 0 radical (unpaired) electrons. The second-order valence-corrected chi connectivity index (χ2v) is 5.80. The van der Waals surface area contributed by atoms with Gasteiger partial charge in [0.05, 0.1) is 0 Å². The monoisotopic (exact) mass is 285 g/mol. The Balaban J connectivity index is 1.58. The Hall–Kier alpha value is -1.58. The molecule has 3 rings (SSSR count). The van der Waals surface area contributed by atoms with E-state index in [0.717, 1.165) is 24.2 Å². The molecule has 1 heterocycles. The molecule has 1 N–H and O–H groups in total. The van der Waals surface area contributed by atoms with Crippen LogP contribution in [-0.2, 0) is 0 Å². The summed E-state index contributed by atoms with van der Waals surface area (Å²) in [7, 11) is 0. The van der Waals surface area contributed by atoms with Gasteiger partial charge in [-0.1, -0.05) is 42.8 Å². The Labute approximate surface area is 126 Å². The van der Waals surface area contributed by atoms with E-state index in [1.54, 1.807) is 0 Å². The number of aliphatic hydroxyl groups excluding tert-OH is 1. The number of hydrogen-bond acceptors (Lipinski definition) is 3. The Morgan fingerprint density at radius 3 is 2.62 bits per heavy atom. The number of likely N-dealkylation sites (tertiary alicyclic amines) is 1. The highest BCUT2D eigenvalue weighted by molar-refractivity contribution is 5.88. The van der Waals surface area contributed by atoms with E-state index in [0.29, 0.717) is 13.2 Å². The first-order valence-corrected chi connectivity index (χ1v) is 7.84. The predicted molar refractivity (Wildman–Crippen MR) is 85.7 cm³/mol. The summed E-state index contributed by atoms with van der Waals surface area (Å²) in [5, 5.41) is 12.4. The lowest BCUT2D eigenvalue weighted by Gasteiger charge is -2.28. The fourth-order valence-corrected chi connectivity index (χ4v) is 3.00. The standard InChI is InChI=1S/C18H23NO2/c20-16(13-19-11-4-1-5-12-19)14-21-18-10-6-8-15-7-2-3-9-17(15)18/h2-3,6-10,16,20H,1,4-5,11-14H2/t16-/m0/s1. The first kappa shape index (κ1) is 14.4. The molecule has 1 aliphatic heterocycles. The summed E-state index contributed by atoms with van der Waals surface area (Å²) in [6, 6.07) is 14.2. The Morgan fingerprint density at radius 2 is 1.76 bits per heavy atom. The Kier molecular flexibility index (Phi) is 4.73. The van der Waals surface area contributed by atoms with Gasteiger partial charge in [0.1, 0.15) is 18.5 Å². The topological polar surface area (TPSA) is 32.7 Å². The fraction of sp³-hybridized carbons (Fsp3) is 0.444. The van der Waals surface area contributed by atoms with Crippen LogP contribution in [0.2, 0.25) is 0 Å². The maximum Gasteiger partial charge on any atom is 0.127 e. The summed E-state index contributed by atoms with van der Waals surface area (Å²) in [5.41, 5.74) is 0. The van der Waals surface area contributed by atoms with Gasteiger partial charge in [0, 0.05) is 11.9 Å². The molecular formula is C18H23NO2. The molecule has 21 heavy (non-hydrogen) atoms. The van der Waals surface area contributed by atoms with Gasteiger partial charge in [0.15, 0.2) is 0 Å². The van der Waals surface area contributed by atoms with E-state index in [1.165, 1.54) is 24.6 Å². The molecule has 1 saturated heterocycles. The smallest absolute Gasteiger partial charge is 0.127 e. The third-order valence-electron chi connectivity index (χ3n) is 4.10. The lowest BCUT2D eigenvalue weighted by atomic mass is 10.1. The van der Waals surface area contributed by atoms with Crippen LogP contribution in [0.3, 0.4) is 0 Å². The van der Waals surface area contributed by atoms with Crippen molar-refractivity contribution in [3.63, 3.8) is 0 Å².